The fraction of sp³-hybridized carbons (Fsp3) is 0.490. The number of allylic oxidation sites excluding steroid dienone is 1. The van der Waals surface area contributed by atoms with Crippen molar-refractivity contribution in [3.05, 3.63) is 119 Å². The number of nitriles is 1. The first-order chi connectivity index (χ1) is 29.4. The molecule has 11 nitrogen and oxygen atoms in total. The molecule has 60 heavy (non-hydrogen) atoms. The molecule has 0 unspecified atom stereocenters. The summed E-state index contributed by atoms with van der Waals surface area (Å²) in [5.41, 5.74) is 4.69. The number of hydrogen-bond donors (Lipinski definition) is 2. The predicted molar refractivity (Wildman–Crippen MR) is 231 cm³/mol. The quantitative estimate of drug-likeness (QED) is 0.0454. The highest BCUT2D eigenvalue weighted by Crippen LogP contribution is 2.62. The van der Waals surface area contributed by atoms with Crippen LogP contribution in [0.2, 0.25) is 0 Å². The normalized spacial score (nSPS) is 24.6. The van der Waals surface area contributed by atoms with Gasteiger partial charge in [0.2, 0.25) is 5.79 Å². The minimum Gasteiger partial charge on any atom is -0.492 e. The fourth-order valence-electron chi connectivity index (χ4n) is 9.58. The van der Waals surface area contributed by atoms with Gasteiger partial charge in [-0.2, -0.15) is 5.26 Å². The second-order valence-corrected chi connectivity index (χ2v) is 16.4. The summed E-state index contributed by atoms with van der Waals surface area (Å²) in [6.45, 7) is 10.9. The van der Waals surface area contributed by atoms with E-state index in [9.17, 15) is 20.3 Å². The zero-order chi connectivity index (χ0) is 41.9. The summed E-state index contributed by atoms with van der Waals surface area (Å²) in [4.78, 5) is 25.4. The van der Waals surface area contributed by atoms with E-state index in [4.69, 9.17) is 24.2 Å². The Morgan fingerprint density at radius 3 is 2.52 bits per heavy atom. The molecule has 7 rings (SSSR count). The van der Waals surface area contributed by atoms with E-state index in [2.05, 4.69) is 36.6 Å². The van der Waals surface area contributed by atoms with Crippen LogP contribution in [0.4, 0.5) is 0 Å². The van der Waals surface area contributed by atoms with Crippen LogP contribution in [0.1, 0.15) is 91.3 Å². The molecule has 1 saturated heterocycles. The molecule has 0 radical (unpaired) electrons. The van der Waals surface area contributed by atoms with E-state index >= 15 is 0 Å². The third-order valence-corrected chi connectivity index (χ3v) is 12.5. The molecule has 11 heteroatoms. The van der Waals surface area contributed by atoms with E-state index in [-0.39, 0.29) is 50.1 Å². The number of hydrogen-bond acceptors (Lipinski definition) is 10. The highest BCUT2D eigenvalue weighted by Gasteiger charge is 2.65. The molecule has 2 aliphatic carbocycles. The lowest BCUT2D eigenvalue weighted by Gasteiger charge is -2.60. The zero-order valence-electron chi connectivity index (χ0n) is 34.9. The van der Waals surface area contributed by atoms with Gasteiger partial charge in [-0.15, -0.1) is 6.58 Å². The summed E-state index contributed by atoms with van der Waals surface area (Å²) in [5.74, 6) is -0.441. The molecule has 1 saturated carbocycles. The first-order valence-electron chi connectivity index (χ1n) is 21.8. The number of unbranched alkanes of at least 4 members (excludes halogenated alkanes) is 2. The lowest BCUT2D eigenvalue weighted by atomic mass is 9.55. The summed E-state index contributed by atoms with van der Waals surface area (Å²) >= 11 is 0. The topological polar surface area (TPSA) is 137 Å². The van der Waals surface area contributed by atoms with Gasteiger partial charge < -0.3 is 34.2 Å². The molecule has 4 aliphatic rings. The number of fused-ring (bicyclic) bond motifs is 2. The molecule has 2 aliphatic heterocycles. The molecule has 2 fully saturated rings. The Labute approximate surface area is 354 Å². The van der Waals surface area contributed by atoms with Gasteiger partial charge >= 0.3 is 0 Å². The maximum atomic E-state index is 14.9. The van der Waals surface area contributed by atoms with Gasteiger partial charge in [-0.3, -0.25) is 9.69 Å². The summed E-state index contributed by atoms with van der Waals surface area (Å²) in [7, 11) is 0. The van der Waals surface area contributed by atoms with Crippen molar-refractivity contribution in [3.8, 4) is 17.6 Å². The average molecular weight is 817 g/mol. The SMILES string of the molecule is C=CCO[C@@]12Oc3ccc(OCCN4CC4)cc3[C@H]3[C@H](CCCCO)[C@@H](CCCCO)C=C(C(=NOCc4ccccc4)C[C@@H]1N(CCC)C(=O)c1ccc(C#N)cc1)[C@H]32. The Balaban J connectivity index is 1.42. The maximum absolute atomic E-state index is 14.9. The predicted octanol–water partition coefficient (Wildman–Crippen LogP) is 7.64. The minimum absolute atomic E-state index is 0.102. The maximum Gasteiger partial charge on any atom is 0.254 e. The molecule has 3 aromatic rings. The van der Waals surface area contributed by atoms with Crippen molar-refractivity contribution in [3.63, 3.8) is 0 Å². The molecule has 6 atom stereocenters. The Kier molecular flexibility index (Phi) is 14.7. The smallest absolute Gasteiger partial charge is 0.254 e. The van der Waals surface area contributed by atoms with Gasteiger partial charge in [0.15, 0.2) is 0 Å². The Bertz CT molecular complexity index is 2010. The van der Waals surface area contributed by atoms with E-state index in [0.29, 0.717) is 55.7 Å². The van der Waals surface area contributed by atoms with Crippen LogP contribution in [0.25, 0.3) is 0 Å². The molecule has 0 bridgehead atoms. The molecular formula is C49H60N4O7. The first-order valence-corrected chi connectivity index (χ1v) is 21.8. The number of benzene rings is 3. The van der Waals surface area contributed by atoms with Gasteiger partial charge in [-0.1, -0.05) is 67.4 Å². The molecule has 0 aromatic heterocycles. The van der Waals surface area contributed by atoms with Crippen LogP contribution in [0.3, 0.4) is 0 Å². The summed E-state index contributed by atoms with van der Waals surface area (Å²) in [5, 5.41) is 34.4. The van der Waals surface area contributed by atoms with Crippen molar-refractivity contribution in [2.45, 2.75) is 82.6 Å². The van der Waals surface area contributed by atoms with Crippen molar-refractivity contribution in [2.24, 2.45) is 22.9 Å². The van der Waals surface area contributed by atoms with Gasteiger partial charge in [0, 0.05) is 62.9 Å². The molecular weight excluding hydrogens is 757 g/mol. The van der Waals surface area contributed by atoms with Crippen molar-refractivity contribution < 1.29 is 34.1 Å². The van der Waals surface area contributed by atoms with Crippen LogP contribution < -0.4 is 9.47 Å². The van der Waals surface area contributed by atoms with E-state index in [1.165, 1.54) is 0 Å². The number of ether oxygens (including phenoxy) is 3. The van der Waals surface area contributed by atoms with Gasteiger partial charge in [-0.05, 0) is 97.5 Å². The van der Waals surface area contributed by atoms with Crippen LogP contribution >= 0.6 is 0 Å². The standard InChI is InChI=1S/C49H60N4O7/c1-3-22-53(48(56)37-18-16-35(33-50)17-19-37)45-32-43(51-59-34-36-12-6-5-7-13-36)41-30-38(14-8-10-26-54)40(15-9-11-27-55)46-42-31-39(57-29-25-52-23-24-52)20-21-44(42)60-49(45,47(41)46)58-28-4-2/h4-7,12-13,16-21,30-31,38,40,45-47,54-55H,2-3,8-11,14-15,22-29,32,34H2,1H3/t38-,40+,45-,46+,47+,49+/m0/s1. The minimum atomic E-state index is -1.36. The van der Waals surface area contributed by atoms with Crippen molar-refractivity contribution in [1.29, 1.82) is 5.26 Å². The van der Waals surface area contributed by atoms with Crippen LogP contribution in [-0.2, 0) is 16.2 Å². The third-order valence-electron chi connectivity index (χ3n) is 12.5. The third kappa shape index (κ3) is 9.63. The molecule has 2 N–H and O–H groups in total. The van der Waals surface area contributed by atoms with Crippen LogP contribution in [-0.4, -0.2) is 96.1 Å². The lowest BCUT2D eigenvalue weighted by molar-refractivity contribution is -0.254. The summed E-state index contributed by atoms with van der Waals surface area (Å²) < 4.78 is 20.9. The molecule has 2 heterocycles. The van der Waals surface area contributed by atoms with E-state index in [1.807, 2.05) is 47.4 Å². The average Bonchev–Trinajstić information content (AvgIpc) is 4.11. The van der Waals surface area contributed by atoms with Gasteiger partial charge in [0.05, 0.1) is 29.9 Å². The number of aliphatic hydroxyl groups is 2. The number of rotatable bonds is 22. The van der Waals surface area contributed by atoms with E-state index < -0.39 is 17.7 Å². The zero-order valence-corrected chi connectivity index (χ0v) is 34.9. The van der Waals surface area contributed by atoms with Crippen molar-refractivity contribution >= 4 is 11.6 Å². The Morgan fingerprint density at radius 2 is 1.82 bits per heavy atom. The van der Waals surface area contributed by atoms with Crippen LogP contribution in [0, 0.1) is 29.1 Å². The molecule has 3 aromatic carbocycles. The fourth-order valence-corrected chi connectivity index (χ4v) is 9.58. The first kappa shape index (κ1) is 43.1. The molecule has 318 valence electrons. The number of carbonyl (C=O) groups is 1. The van der Waals surface area contributed by atoms with Gasteiger partial charge in [0.1, 0.15) is 30.8 Å². The van der Waals surface area contributed by atoms with Gasteiger partial charge in [0.25, 0.3) is 5.91 Å². The number of amides is 1. The van der Waals surface area contributed by atoms with E-state index in [1.54, 1.807) is 30.3 Å². The highest BCUT2D eigenvalue weighted by molar-refractivity contribution is 6.03. The Morgan fingerprint density at radius 1 is 1.05 bits per heavy atom. The highest BCUT2D eigenvalue weighted by atomic mass is 16.7. The van der Waals surface area contributed by atoms with Crippen LogP contribution in [0.15, 0.2) is 102 Å². The lowest BCUT2D eigenvalue weighted by Crippen LogP contribution is -2.70. The van der Waals surface area contributed by atoms with Crippen molar-refractivity contribution in [2.75, 3.05) is 52.6 Å². The number of nitrogens with zero attached hydrogens (tertiary/aromatic N) is 4. The largest absolute Gasteiger partial charge is 0.492 e. The molecule has 0 spiro atoms. The monoisotopic (exact) mass is 816 g/mol. The number of oxime groups is 1. The summed E-state index contributed by atoms with van der Waals surface area (Å²) in [6, 6.07) is 24.3. The van der Waals surface area contributed by atoms with Gasteiger partial charge in [-0.25, -0.2) is 0 Å². The summed E-state index contributed by atoms with van der Waals surface area (Å²) in [6.07, 6.45) is 9.83. The molecule has 1 amide bonds. The second kappa shape index (κ2) is 20.5. The second-order valence-electron chi connectivity index (χ2n) is 16.4. The van der Waals surface area contributed by atoms with E-state index in [0.717, 1.165) is 73.5 Å². The van der Waals surface area contributed by atoms with Crippen molar-refractivity contribution in [1.82, 2.24) is 9.80 Å². The van der Waals surface area contributed by atoms with Crippen LogP contribution in [0.5, 0.6) is 11.5 Å². The number of aliphatic hydroxyl groups excluding tert-OH is 2. The Hall–Kier alpha value is -4.99. The number of carbonyl (C=O) groups excluding carboxylic acids is 1.